The zero-order chi connectivity index (χ0) is 24.1. The van der Waals surface area contributed by atoms with E-state index in [9.17, 15) is 14.7 Å². The number of ether oxygens (including phenoxy) is 1. The van der Waals surface area contributed by atoms with Gasteiger partial charge in [-0.15, -0.1) is 0 Å². The van der Waals surface area contributed by atoms with Crippen molar-refractivity contribution < 1.29 is 19.4 Å². The molecule has 1 saturated heterocycles. The monoisotopic (exact) mass is 520 g/mol. The van der Waals surface area contributed by atoms with E-state index in [1.165, 1.54) is 4.90 Å². The molecule has 3 aromatic rings. The lowest BCUT2D eigenvalue weighted by Crippen LogP contribution is -2.29. The van der Waals surface area contributed by atoms with Gasteiger partial charge in [-0.2, -0.15) is 0 Å². The van der Waals surface area contributed by atoms with E-state index in [0.717, 1.165) is 28.4 Å². The molecule has 0 spiro atoms. The smallest absolute Gasteiger partial charge is 0.295 e. The number of benzene rings is 2. The molecule has 1 atom stereocenters. The summed E-state index contributed by atoms with van der Waals surface area (Å²) in [5, 5.41) is 11.3. The normalized spacial score (nSPS) is 17.2. The SMILES string of the molecule is CCCCOc1cccc(/C(O)=C2\C(=O)C(=O)N(Cc3cccnc3)C2c2ccc(Br)cc2)c1. The molecule has 1 fully saturated rings. The number of hydrogen-bond donors (Lipinski definition) is 1. The second-order valence-electron chi connectivity index (χ2n) is 8.07. The van der Waals surface area contributed by atoms with E-state index in [-0.39, 0.29) is 17.9 Å². The van der Waals surface area contributed by atoms with Crippen molar-refractivity contribution in [3.05, 3.63) is 99.8 Å². The second kappa shape index (κ2) is 10.7. The van der Waals surface area contributed by atoms with Crippen LogP contribution in [0.5, 0.6) is 5.75 Å². The van der Waals surface area contributed by atoms with E-state index >= 15 is 0 Å². The molecule has 2 heterocycles. The van der Waals surface area contributed by atoms with E-state index in [4.69, 9.17) is 4.74 Å². The summed E-state index contributed by atoms with van der Waals surface area (Å²) in [5.74, 6) is -0.997. The molecule has 0 saturated carbocycles. The molecule has 174 valence electrons. The predicted octanol–water partition coefficient (Wildman–Crippen LogP) is 5.64. The number of unbranched alkanes of at least 4 members (excludes halogenated alkanes) is 1. The topological polar surface area (TPSA) is 79.7 Å². The third kappa shape index (κ3) is 5.04. The summed E-state index contributed by atoms with van der Waals surface area (Å²) in [5.41, 5.74) is 2.00. The van der Waals surface area contributed by atoms with Gasteiger partial charge in [-0.1, -0.05) is 59.6 Å². The number of aliphatic hydroxyl groups excluding tert-OH is 1. The number of aliphatic hydroxyl groups is 1. The fraction of sp³-hybridized carbons (Fsp3) is 0.222. The van der Waals surface area contributed by atoms with Crippen molar-refractivity contribution in [3.63, 3.8) is 0 Å². The van der Waals surface area contributed by atoms with Crippen molar-refractivity contribution in [1.82, 2.24) is 9.88 Å². The number of pyridine rings is 1. The fourth-order valence-corrected chi connectivity index (χ4v) is 4.21. The second-order valence-corrected chi connectivity index (χ2v) is 8.99. The first kappa shape index (κ1) is 23.7. The van der Waals surface area contributed by atoms with Crippen LogP contribution in [0.1, 0.15) is 42.5 Å². The van der Waals surface area contributed by atoms with Crippen molar-refractivity contribution in [2.75, 3.05) is 6.61 Å². The molecule has 0 aliphatic carbocycles. The van der Waals surface area contributed by atoms with Crippen molar-refractivity contribution in [3.8, 4) is 5.75 Å². The molecular formula is C27H25BrN2O4. The largest absolute Gasteiger partial charge is 0.507 e. The van der Waals surface area contributed by atoms with E-state index in [1.54, 1.807) is 42.7 Å². The van der Waals surface area contributed by atoms with Gasteiger partial charge in [-0.25, -0.2) is 0 Å². The number of hydrogen-bond acceptors (Lipinski definition) is 5. The third-order valence-corrected chi connectivity index (χ3v) is 6.20. The highest BCUT2D eigenvalue weighted by atomic mass is 79.9. The standard InChI is InChI=1S/C27H25BrN2O4/c1-2-3-14-34-22-8-4-7-20(15-22)25(31)23-24(19-9-11-21(28)12-10-19)30(27(33)26(23)32)17-18-6-5-13-29-16-18/h4-13,15-16,24,31H,2-3,14,17H2,1H3/b25-23+. The Hall–Kier alpha value is -3.45. The van der Waals surface area contributed by atoms with Crippen LogP contribution in [0.4, 0.5) is 0 Å². The number of ketones is 1. The number of halogens is 1. The number of amides is 1. The minimum atomic E-state index is -0.738. The number of rotatable bonds is 8. The molecule has 7 heteroatoms. The molecule has 1 N–H and O–H groups in total. The van der Waals surface area contributed by atoms with Crippen LogP contribution in [0.15, 0.2) is 83.1 Å². The first-order valence-electron chi connectivity index (χ1n) is 11.2. The number of carbonyl (C=O) groups is 2. The number of nitrogens with zero attached hydrogens (tertiary/aromatic N) is 2. The van der Waals surface area contributed by atoms with Crippen molar-refractivity contribution in [2.45, 2.75) is 32.4 Å². The lowest BCUT2D eigenvalue weighted by molar-refractivity contribution is -0.140. The lowest BCUT2D eigenvalue weighted by Gasteiger charge is -2.25. The Labute approximate surface area is 207 Å². The molecular weight excluding hydrogens is 496 g/mol. The lowest BCUT2D eigenvalue weighted by atomic mass is 9.95. The first-order valence-corrected chi connectivity index (χ1v) is 11.9. The average Bonchev–Trinajstić information content (AvgIpc) is 3.10. The first-order chi connectivity index (χ1) is 16.5. The quantitative estimate of drug-likeness (QED) is 0.180. The molecule has 0 bridgehead atoms. The summed E-state index contributed by atoms with van der Waals surface area (Å²) in [4.78, 5) is 31.9. The average molecular weight is 521 g/mol. The summed E-state index contributed by atoms with van der Waals surface area (Å²) in [6.45, 7) is 2.84. The number of likely N-dealkylation sites (tertiary alicyclic amines) is 1. The fourth-order valence-electron chi connectivity index (χ4n) is 3.95. The van der Waals surface area contributed by atoms with Gasteiger partial charge >= 0.3 is 0 Å². The molecule has 0 radical (unpaired) electrons. The Morgan fingerprint density at radius 2 is 1.91 bits per heavy atom. The maximum atomic E-state index is 13.2. The number of aromatic nitrogens is 1. The molecule has 4 rings (SSSR count). The summed E-state index contributed by atoms with van der Waals surface area (Å²) in [6, 6.07) is 17.2. The molecule has 6 nitrogen and oxygen atoms in total. The van der Waals surface area contributed by atoms with Gasteiger partial charge in [0.25, 0.3) is 11.7 Å². The van der Waals surface area contributed by atoms with Gasteiger partial charge < -0.3 is 14.7 Å². The Bertz CT molecular complexity index is 1210. The maximum Gasteiger partial charge on any atom is 0.295 e. The Kier molecular flexibility index (Phi) is 7.43. The van der Waals surface area contributed by atoms with E-state index in [2.05, 4.69) is 27.8 Å². The van der Waals surface area contributed by atoms with Gasteiger partial charge in [-0.05, 0) is 47.9 Å². The van der Waals surface area contributed by atoms with Crippen LogP contribution >= 0.6 is 15.9 Å². The van der Waals surface area contributed by atoms with Gasteiger partial charge in [0, 0.05) is 29.0 Å². The van der Waals surface area contributed by atoms with Crippen LogP contribution in [-0.2, 0) is 16.1 Å². The molecule has 1 amide bonds. The molecule has 2 aromatic carbocycles. The van der Waals surface area contributed by atoms with Gasteiger partial charge in [0.1, 0.15) is 11.5 Å². The highest BCUT2D eigenvalue weighted by molar-refractivity contribution is 9.10. The van der Waals surface area contributed by atoms with Crippen LogP contribution in [0.25, 0.3) is 5.76 Å². The minimum Gasteiger partial charge on any atom is -0.507 e. The van der Waals surface area contributed by atoms with Crippen LogP contribution in [0, 0.1) is 0 Å². The molecule has 1 unspecified atom stereocenters. The van der Waals surface area contributed by atoms with Crippen LogP contribution in [-0.4, -0.2) is 33.3 Å². The number of carbonyl (C=O) groups excluding carboxylic acids is 2. The van der Waals surface area contributed by atoms with Gasteiger partial charge in [0.05, 0.1) is 18.2 Å². The summed E-state index contributed by atoms with van der Waals surface area (Å²) in [7, 11) is 0. The van der Waals surface area contributed by atoms with Gasteiger partial charge in [0.2, 0.25) is 0 Å². The maximum absolute atomic E-state index is 13.2. The zero-order valence-electron chi connectivity index (χ0n) is 18.8. The third-order valence-electron chi connectivity index (χ3n) is 5.68. The van der Waals surface area contributed by atoms with Crippen molar-refractivity contribution >= 4 is 33.4 Å². The van der Waals surface area contributed by atoms with Crippen molar-refractivity contribution in [1.29, 1.82) is 0 Å². The van der Waals surface area contributed by atoms with Crippen LogP contribution < -0.4 is 4.74 Å². The number of Topliss-reactive ketones (excluding diaryl/α,β-unsaturated/α-hetero) is 1. The highest BCUT2D eigenvalue weighted by Gasteiger charge is 2.46. The summed E-state index contributed by atoms with van der Waals surface area (Å²) >= 11 is 3.43. The molecule has 1 aliphatic rings. The van der Waals surface area contributed by atoms with Crippen LogP contribution in [0.2, 0.25) is 0 Å². The Morgan fingerprint density at radius 1 is 1.12 bits per heavy atom. The van der Waals surface area contributed by atoms with Crippen molar-refractivity contribution in [2.24, 2.45) is 0 Å². The van der Waals surface area contributed by atoms with E-state index in [1.807, 2.05) is 30.3 Å². The van der Waals surface area contributed by atoms with E-state index in [0.29, 0.717) is 17.9 Å². The molecule has 1 aromatic heterocycles. The summed E-state index contributed by atoms with van der Waals surface area (Å²) in [6.07, 6.45) is 5.24. The predicted molar refractivity (Wildman–Crippen MR) is 133 cm³/mol. The molecule has 1 aliphatic heterocycles. The molecule has 34 heavy (non-hydrogen) atoms. The van der Waals surface area contributed by atoms with E-state index < -0.39 is 17.7 Å². The summed E-state index contributed by atoms with van der Waals surface area (Å²) < 4.78 is 6.64. The Morgan fingerprint density at radius 3 is 2.62 bits per heavy atom. The highest BCUT2D eigenvalue weighted by Crippen LogP contribution is 2.40. The van der Waals surface area contributed by atoms with Gasteiger partial charge in [0.15, 0.2) is 0 Å². The van der Waals surface area contributed by atoms with Gasteiger partial charge in [-0.3, -0.25) is 14.6 Å². The Balaban J connectivity index is 1.78. The zero-order valence-corrected chi connectivity index (χ0v) is 20.4. The minimum absolute atomic E-state index is 0.0573. The van der Waals surface area contributed by atoms with Crippen LogP contribution in [0.3, 0.4) is 0 Å².